The molecule has 2 unspecified atom stereocenters. The molecule has 110 valence electrons. The van der Waals surface area contributed by atoms with Crippen LogP contribution in [0.25, 0.3) is 0 Å². The third-order valence-corrected chi connectivity index (χ3v) is 3.81. The second kappa shape index (κ2) is 5.70. The molecule has 1 aromatic rings. The standard InChI is InChI=1S/C13H17F2N3O2/c1-8-4-5-17(7-11(8)16)12-3-2-9(18(19)20)6-10(12)13(14)15/h2-3,6,8,11,13H,4-5,7,16H2,1H3. The van der Waals surface area contributed by atoms with E-state index in [4.69, 9.17) is 5.73 Å². The lowest BCUT2D eigenvalue weighted by atomic mass is 9.93. The summed E-state index contributed by atoms with van der Waals surface area (Å²) in [5, 5.41) is 10.7. The summed E-state index contributed by atoms with van der Waals surface area (Å²) in [4.78, 5) is 11.8. The minimum Gasteiger partial charge on any atom is -0.370 e. The van der Waals surface area contributed by atoms with E-state index in [0.717, 1.165) is 12.5 Å². The van der Waals surface area contributed by atoms with Gasteiger partial charge in [0, 0.05) is 42.5 Å². The van der Waals surface area contributed by atoms with Gasteiger partial charge in [0.1, 0.15) is 0 Å². The Bertz CT molecular complexity index is 510. The predicted molar refractivity (Wildman–Crippen MR) is 72.0 cm³/mol. The van der Waals surface area contributed by atoms with Gasteiger partial charge in [0.05, 0.1) is 4.92 Å². The molecule has 0 radical (unpaired) electrons. The highest BCUT2D eigenvalue weighted by Crippen LogP contribution is 2.34. The number of halogens is 2. The first-order valence-electron chi connectivity index (χ1n) is 6.47. The van der Waals surface area contributed by atoms with E-state index in [2.05, 4.69) is 0 Å². The van der Waals surface area contributed by atoms with Crippen LogP contribution >= 0.6 is 0 Å². The van der Waals surface area contributed by atoms with Crippen LogP contribution in [0.15, 0.2) is 18.2 Å². The van der Waals surface area contributed by atoms with Crippen molar-refractivity contribution < 1.29 is 13.7 Å². The van der Waals surface area contributed by atoms with Gasteiger partial charge in [-0.1, -0.05) is 6.92 Å². The molecule has 1 fully saturated rings. The average Bonchev–Trinajstić information content (AvgIpc) is 2.41. The van der Waals surface area contributed by atoms with Crippen LogP contribution in [0, 0.1) is 16.0 Å². The third-order valence-electron chi connectivity index (χ3n) is 3.81. The van der Waals surface area contributed by atoms with E-state index in [1.807, 2.05) is 6.92 Å². The van der Waals surface area contributed by atoms with Crippen molar-refractivity contribution >= 4 is 11.4 Å². The molecule has 5 nitrogen and oxygen atoms in total. The monoisotopic (exact) mass is 285 g/mol. The zero-order valence-corrected chi connectivity index (χ0v) is 11.1. The zero-order valence-electron chi connectivity index (χ0n) is 11.1. The van der Waals surface area contributed by atoms with Gasteiger partial charge in [0.15, 0.2) is 0 Å². The highest BCUT2D eigenvalue weighted by molar-refractivity contribution is 5.59. The van der Waals surface area contributed by atoms with Crippen LogP contribution in [-0.2, 0) is 0 Å². The molecule has 2 atom stereocenters. The molecule has 7 heteroatoms. The Kier molecular flexibility index (Phi) is 4.17. The van der Waals surface area contributed by atoms with Crippen molar-refractivity contribution in [2.45, 2.75) is 25.8 Å². The van der Waals surface area contributed by atoms with E-state index in [1.165, 1.54) is 12.1 Å². The normalized spacial score (nSPS) is 23.1. The molecular formula is C13H17F2N3O2. The van der Waals surface area contributed by atoms with Gasteiger partial charge >= 0.3 is 0 Å². The molecular weight excluding hydrogens is 268 g/mol. The molecule has 2 rings (SSSR count). The van der Waals surface area contributed by atoms with Crippen LogP contribution in [0.1, 0.15) is 25.3 Å². The molecule has 20 heavy (non-hydrogen) atoms. The minimum absolute atomic E-state index is 0.0792. The molecule has 0 bridgehead atoms. The number of nitrogens with two attached hydrogens (primary N) is 1. The van der Waals surface area contributed by atoms with Crippen LogP contribution in [-0.4, -0.2) is 24.1 Å². The van der Waals surface area contributed by atoms with Crippen LogP contribution in [0.4, 0.5) is 20.2 Å². The summed E-state index contributed by atoms with van der Waals surface area (Å²) in [7, 11) is 0. The smallest absolute Gasteiger partial charge is 0.270 e. The Hall–Kier alpha value is -1.76. The van der Waals surface area contributed by atoms with Gasteiger partial charge in [-0.3, -0.25) is 10.1 Å². The quantitative estimate of drug-likeness (QED) is 0.684. The van der Waals surface area contributed by atoms with Gasteiger partial charge in [0.25, 0.3) is 12.1 Å². The van der Waals surface area contributed by atoms with Gasteiger partial charge in [-0.25, -0.2) is 8.78 Å². The number of nitro benzene ring substituents is 1. The number of piperidine rings is 1. The minimum atomic E-state index is -2.75. The second-order valence-electron chi connectivity index (χ2n) is 5.18. The number of benzene rings is 1. The maximum atomic E-state index is 13.1. The summed E-state index contributed by atoms with van der Waals surface area (Å²) in [6, 6.07) is 3.51. The summed E-state index contributed by atoms with van der Waals surface area (Å²) in [6.07, 6.45) is -1.93. The Balaban J connectivity index is 2.33. The third kappa shape index (κ3) is 2.87. The Morgan fingerprint density at radius 2 is 2.20 bits per heavy atom. The Morgan fingerprint density at radius 1 is 1.50 bits per heavy atom. The second-order valence-corrected chi connectivity index (χ2v) is 5.18. The number of nitrogens with zero attached hydrogens (tertiary/aromatic N) is 2. The van der Waals surface area contributed by atoms with Crippen LogP contribution in [0.2, 0.25) is 0 Å². The van der Waals surface area contributed by atoms with E-state index >= 15 is 0 Å². The average molecular weight is 285 g/mol. The van der Waals surface area contributed by atoms with E-state index in [9.17, 15) is 18.9 Å². The predicted octanol–water partition coefficient (Wildman–Crippen LogP) is 2.71. The number of hydrogen-bond acceptors (Lipinski definition) is 4. The first-order chi connectivity index (χ1) is 9.40. The van der Waals surface area contributed by atoms with Crippen molar-refractivity contribution in [1.29, 1.82) is 0 Å². The highest BCUT2D eigenvalue weighted by atomic mass is 19.3. The van der Waals surface area contributed by atoms with E-state index in [1.54, 1.807) is 4.90 Å². The summed E-state index contributed by atoms with van der Waals surface area (Å²) >= 11 is 0. The number of alkyl halides is 2. The molecule has 1 saturated heterocycles. The first kappa shape index (κ1) is 14.6. The molecule has 1 aliphatic heterocycles. The topological polar surface area (TPSA) is 72.4 Å². The van der Waals surface area contributed by atoms with E-state index in [0.29, 0.717) is 24.7 Å². The van der Waals surface area contributed by atoms with Gasteiger partial charge in [-0.05, 0) is 18.4 Å². The molecule has 0 aromatic heterocycles. The lowest BCUT2D eigenvalue weighted by Crippen LogP contribution is -2.47. The van der Waals surface area contributed by atoms with Crippen LogP contribution in [0.3, 0.4) is 0 Å². The lowest BCUT2D eigenvalue weighted by molar-refractivity contribution is -0.385. The van der Waals surface area contributed by atoms with Crippen LogP contribution in [0.5, 0.6) is 0 Å². The molecule has 1 aliphatic rings. The van der Waals surface area contributed by atoms with Crippen molar-refractivity contribution in [2.75, 3.05) is 18.0 Å². The molecule has 1 heterocycles. The molecule has 0 spiro atoms. The maximum Gasteiger partial charge on any atom is 0.270 e. The number of anilines is 1. The number of nitro groups is 1. The lowest BCUT2D eigenvalue weighted by Gasteiger charge is -2.37. The Morgan fingerprint density at radius 3 is 2.75 bits per heavy atom. The molecule has 0 saturated carbocycles. The summed E-state index contributed by atoms with van der Waals surface area (Å²) < 4.78 is 26.2. The van der Waals surface area contributed by atoms with Gasteiger partial charge in [-0.2, -0.15) is 0 Å². The molecule has 1 aromatic carbocycles. The van der Waals surface area contributed by atoms with Crippen LogP contribution < -0.4 is 10.6 Å². The fourth-order valence-corrected chi connectivity index (χ4v) is 2.44. The largest absolute Gasteiger partial charge is 0.370 e. The summed E-state index contributed by atoms with van der Waals surface area (Å²) in [5.41, 5.74) is 5.69. The Labute approximate surface area is 115 Å². The van der Waals surface area contributed by atoms with E-state index in [-0.39, 0.29) is 17.3 Å². The van der Waals surface area contributed by atoms with Crippen molar-refractivity contribution in [3.8, 4) is 0 Å². The summed E-state index contributed by atoms with van der Waals surface area (Å²) in [6.45, 7) is 3.15. The van der Waals surface area contributed by atoms with Gasteiger partial charge in [0.2, 0.25) is 0 Å². The van der Waals surface area contributed by atoms with Gasteiger partial charge in [-0.15, -0.1) is 0 Å². The van der Waals surface area contributed by atoms with Crippen molar-refractivity contribution in [3.63, 3.8) is 0 Å². The number of hydrogen-bond donors (Lipinski definition) is 1. The molecule has 0 amide bonds. The number of non-ortho nitro benzene ring substituents is 1. The van der Waals surface area contributed by atoms with Crippen molar-refractivity contribution in [1.82, 2.24) is 0 Å². The SMILES string of the molecule is CC1CCN(c2ccc([N+](=O)[O-])cc2C(F)F)CC1N. The molecule has 0 aliphatic carbocycles. The first-order valence-corrected chi connectivity index (χ1v) is 6.47. The maximum absolute atomic E-state index is 13.1. The number of rotatable bonds is 3. The summed E-state index contributed by atoms with van der Waals surface area (Å²) in [5.74, 6) is 0.347. The highest BCUT2D eigenvalue weighted by Gasteiger charge is 2.27. The zero-order chi connectivity index (χ0) is 14.9. The fraction of sp³-hybridized carbons (Fsp3) is 0.538. The van der Waals surface area contributed by atoms with E-state index < -0.39 is 11.3 Å². The van der Waals surface area contributed by atoms with Gasteiger partial charge < -0.3 is 10.6 Å². The van der Waals surface area contributed by atoms with Crippen molar-refractivity contribution in [2.24, 2.45) is 11.7 Å². The fourth-order valence-electron chi connectivity index (χ4n) is 2.44. The van der Waals surface area contributed by atoms with Crippen molar-refractivity contribution in [3.05, 3.63) is 33.9 Å². The molecule has 2 N–H and O–H groups in total.